The van der Waals surface area contributed by atoms with E-state index in [1.807, 2.05) is 6.92 Å². The van der Waals surface area contributed by atoms with E-state index in [2.05, 4.69) is 10.3 Å². The van der Waals surface area contributed by atoms with Crippen LogP contribution in [0.25, 0.3) is 0 Å². The van der Waals surface area contributed by atoms with Gasteiger partial charge >= 0.3 is 11.7 Å². The minimum Gasteiger partial charge on any atom is -0.481 e. The van der Waals surface area contributed by atoms with Crippen LogP contribution in [-0.4, -0.2) is 32.9 Å². The number of carboxylic acids is 1. The third-order valence-electron chi connectivity index (χ3n) is 2.70. The Morgan fingerprint density at radius 1 is 1.57 bits per heavy atom. The van der Waals surface area contributed by atoms with E-state index >= 15 is 0 Å². The topological polar surface area (TPSA) is 122 Å². The lowest BCUT2D eigenvalue weighted by Gasteiger charge is -2.16. The molecule has 1 heterocycles. The van der Waals surface area contributed by atoms with Crippen molar-refractivity contribution in [2.45, 2.75) is 32.2 Å². The minimum absolute atomic E-state index is 0.244. The molecule has 8 nitrogen and oxygen atoms in total. The third-order valence-corrected chi connectivity index (χ3v) is 2.98. The van der Waals surface area contributed by atoms with Crippen molar-refractivity contribution in [2.75, 3.05) is 0 Å². The summed E-state index contributed by atoms with van der Waals surface area (Å²) < 4.78 is 0. The molecular weight excluding hydrogens is 302 g/mol. The van der Waals surface area contributed by atoms with Crippen molar-refractivity contribution in [3.63, 3.8) is 0 Å². The van der Waals surface area contributed by atoms with Crippen molar-refractivity contribution in [3.05, 3.63) is 33.1 Å². The number of hydrogen-bond acceptors (Lipinski definition) is 5. The first-order valence-corrected chi connectivity index (χ1v) is 6.56. The second-order valence-electron chi connectivity index (χ2n) is 4.31. The normalized spacial score (nSPS) is 11.7. The van der Waals surface area contributed by atoms with Gasteiger partial charge in [0.15, 0.2) is 0 Å². The monoisotopic (exact) mass is 315 g/mol. The fourth-order valence-corrected chi connectivity index (χ4v) is 2.06. The van der Waals surface area contributed by atoms with Crippen molar-refractivity contribution in [3.8, 4) is 0 Å². The average molecular weight is 316 g/mol. The molecule has 1 atom stereocenters. The lowest BCUT2D eigenvalue weighted by molar-refractivity contribution is -0.385. The van der Waals surface area contributed by atoms with Gasteiger partial charge in [0.25, 0.3) is 5.91 Å². The number of aromatic nitrogens is 1. The van der Waals surface area contributed by atoms with E-state index in [1.54, 1.807) is 0 Å². The number of hydrogen-bond donors (Lipinski definition) is 2. The Kier molecular flexibility index (Phi) is 6.04. The van der Waals surface area contributed by atoms with Gasteiger partial charge in [0.2, 0.25) is 5.15 Å². The van der Waals surface area contributed by atoms with Crippen molar-refractivity contribution < 1.29 is 19.6 Å². The van der Waals surface area contributed by atoms with Crippen LogP contribution in [0.15, 0.2) is 12.3 Å². The highest BCUT2D eigenvalue weighted by atomic mass is 35.5. The Morgan fingerprint density at radius 3 is 2.76 bits per heavy atom. The molecular formula is C12H14ClN3O5. The van der Waals surface area contributed by atoms with Crippen LogP contribution in [-0.2, 0) is 4.79 Å². The molecule has 0 spiro atoms. The Balaban J connectivity index is 3.00. The van der Waals surface area contributed by atoms with Crippen molar-refractivity contribution in [1.82, 2.24) is 10.3 Å². The Bertz CT molecular complexity index is 564. The largest absolute Gasteiger partial charge is 0.481 e. The number of carbonyl (C=O) groups excluding carboxylic acids is 1. The van der Waals surface area contributed by atoms with E-state index in [4.69, 9.17) is 16.7 Å². The van der Waals surface area contributed by atoms with Gasteiger partial charge in [0.1, 0.15) is 5.56 Å². The number of amides is 1. The maximum atomic E-state index is 12.1. The van der Waals surface area contributed by atoms with Crippen molar-refractivity contribution in [1.29, 1.82) is 0 Å². The van der Waals surface area contributed by atoms with Crippen LogP contribution >= 0.6 is 11.6 Å². The predicted molar refractivity (Wildman–Crippen MR) is 74.3 cm³/mol. The SMILES string of the molecule is CCCC(CC(=O)O)NC(=O)c1ccnc(Cl)c1[N+](=O)[O-]. The summed E-state index contributed by atoms with van der Waals surface area (Å²) in [5, 5.41) is 21.8. The minimum atomic E-state index is -1.06. The summed E-state index contributed by atoms with van der Waals surface area (Å²) in [4.78, 5) is 36.5. The van der Waals surface area contributed by atoms with Crippen LogP contribution in [0, 0.1) is 10.1 Å². The van der Waals surface area contributed by atoms with Crippen molar-refractivity contribution in [2.24, 2.45) is 0 Å². The zero-order valence-corrected chi connectivity index (χ0v) is 12.0. The zero-order chi connectivity index (χ0) is 16.0. The zero-order valence-electron chi connectivity index (χ0n) is 11.2. The van der Waals surface area contributed by atoms with Gasteiger partial charge < -0.3 is 10.4 Å². The molecule has 0 aromatic carbocycles. The smallest absolute Gasteiger partial charge is 0.319 e. The summed E-state index contributed by atoms with van der Waals surface area (Å²) in [6.45, 7) is 1.84. The lowest BCUT2D eigenvalue weighted by atomic mass is 10.1. The maximum Gasteiger partial charge on any atom is 0.319 e. The highest BCUT2D eigenvalue weighted by Crippen LogP contribution is 2.26. The van der Waals surface area contributed by atoms with Gasteiger partial charge in [-0.1, -0.05) is 24.9 Å². The number of carbonyl (C=O) groups is 2. The molecule has 0 aliphatic carbocycles. The van der Waals surface area contributed by atoms with Gasteiger partial charge in [0.05, 0.1) is 11.3 Å². The van der Waals surface area contributed by atoms with E-state index in [0.717, 1.165) is 0 Å². The van der Waals surface area contributed by atoms with Gasteiger partial charge in [0, 0.05) is 12.2 Å². The Labute approximate surface area is 125 Å². The van der Waals surface area contributed by atoms with E-state index in [9.17, 15) is 19.7 Å². The number of carboxylic acid groups (broad SMARTS) is 1. The molecule has 0 bridgehead atoms. The molecule has 1 unspecified atom stereocenters. The van der Waals surface area contributed by atoms with Crippen LogP contribution in [0.4, 0.5) is 5.69 Å². The average Bonchev–Trinajstić information content (AvgIpc) is 2.37. The molecule has 0 aliphatic heterocycles. The van der Waals surface area contributed by atoms with Crippen LogP contribution in [0.1, 0.15) is 36.5 Å². The summed E-state index contributed by atoms with van der Waals surface area (Å²) in [7, 11) is 0. The maximum absolute atomic E-state index is 12.1. The molecule has 0 aliphatic rings. The highest BCUT2D eigenvalue weighted by Gasteiger charge is 2.26. The van der Waals surface area contributed by atoms with Crippen molar-refractivity contribution >= 4 is 29.2 Å². The first-order valence-electron chi connectivity index (χ1n) is 6.18. The molecule has 0 radical (unpaired) electrons. The van der Waals surface area contributed by atoms with Gasteiger partial charge in [-0.25, -0.2) is 4.98 Å². The molecule has 1 amide bonds. The van der Waals surface area contributed by atoms with E-state index in [0.29, 0.717) is 12.8 Å². The number of nitrogens with zero attached hydrogens (tertiary/aromatic N) is 2. The number of nitro groups is 1. The lowest BCUT2D eigenvalue weighted by Crippen LogP contribution is -2.36. The molecule has 21 heavy (non-hydrogen) atoms. The Morgan fingerprint density at radius 2 is 2.24 bits per heavy atom. The third kappa shape index (κ3) is 4.67. The van der Waals surface area contributed by atoms with Crippen LogP contribution in [0.3, 0.4) is 0 Å². The summed E-state index contributed by atoms with van der Waals surface area (Å²) in [6, 6.07) is 0.565. The number of pyridine rings is 1. The van der Waals surface area contributed by atoms with Crippen LogP contribution in [0.5, 0.6) is 0 Å². The summed E-state index contributed by atoms with van der Waals surface area (Å²) >= 11 is 5.62. The second kappa shape index (κ2) is 7.53. The molecule has 0 saturated heterocycles. The standard InChI is InChI=1S/C12H14ClN3O5/c1-2-3-7(6-9(17)18)15-12(19)8-4-5-14-11(13)10(8)16(20)21/h4-5,7H,2-3,6H2,1H3,(H,15,19)(H,17,18). The van der Waals surface area contributed by atoms with E-state index in [1.165, 1.54) is 12.3 Å². The van der Waals surface area contributed by atoms with Gasteiger partial charge in [-0.3, -0.25) is 19.7 Å². The van der Waals surface area contributed by atoms with E-state index < -0.39 is 33.7 Å². The molecule has 2 N–H and O–H groups in total. The first kappa shape index (κ1) is 16.8. The fourth-order valence-electron chi connectivity index (χ4n) is 1.83. The van der Waals surface area contributed by atoms with Crippen LogP contribution < -0.4 is 5.32 Å². The molecule has 0 saturated carbocycles. The van der Waals surface area contributed by atoms with Gasteiger partial charge in [-0.05, 0) is 12.5 Å². The highest BCUT2D eigenvalue weighted by molar-refractivity contribution is 6.32. The second-order valence-corrected chi connectivity index (χ2v) is 4.67. The molecule has 1 aromatic heterocycles. The van der Waals surface area contributed by atoms with Gasteiger partial charge in [-0.2, -0.15) is 0 Å². The molecule has 114 valence electrons. The summed E-state index contributed by atoms with van der Waals surface area (Å²) in [5.41, 5.74) is -0.839. The number of halogens is 1. The molecule has 9 heteroatoms. The molecule has 0 fully saturated rings. The van der Waals surface area contributed by atoms with E-state index in [-0.39, 0.29) is 12.0 Å². The van der Waals surface area contributed by atoms with Crippen LogP contribution in [0.2, 0.25) is 5.15 Å². The quantitative estimate of drug-likeness (QED) is 0.451. The fraction of sp³-hybridized carbons (Fsp3) is 0.417. The van der Waals surface area contributed by atoms with Gasteiger partial charge in [-0.15, -0.1) is 0 Å². The summed E-state index contributed by atoms with van der Waals surface area (Å²) in [6.07, 6.45) is 2.03. The number of aliphatic carboxylic acids is 1. The number of rotatable bonds is 7. The Hall–Kier alpha value is -2.22. The molecule has 1 rings (SSSR count). The summed E-state index contributed by atoms with van der Waals surface area (Å²) in [5.74, 6) is -1.80. The predicted octanol–water partition coefficient (Wildman–Crippen LogP) is 2.02. The number of nitrogens with one attached hydrogen (secondary N) is 1. The molecule has 1 aromatic rings. The first-order chi connectivity index (χ1) is 9.86.